The maximum atomic E-state index is 13.2. The molecule has 2 aliphatic rings. The van der Waals surface area contributed by atoms with Gasteiger partial charge >= 0.3 is 12.1 Å². The van der Waals surface area contributed by atoms with Crippen molar-refractivity contribution in [3.8, 4) is 0 Å². The zero-order valence-electron chi connectivity index (χ0n) is 18.6. The third-order valence-corrected chi connectivity index (χ3v) is 5.68. The highest BCUT2D eigenvalue weighted by Gasteiger charge is 2.51. The molecular weight excluding hydrogens is 405 g/mol. The quantitative estimate of drug-likeness (QED) is 0.690. The van der Waals surface area contributed by atoms with E-state index >= 15 is 0 Å². The first-order chi connectivity index (χ1) is 14.5. The lowest BCUT2D eigenvalue weighted by Crippen LogP contribution is -2.56. The van der Waals surface area contributed by atoms with E-state index in [2.05, 4.69) is 5.32 Å². The summed E-state index contributed by atoms with van der Waals surface area (Å²) in [5.74, 6) is -0.950. The Hall–Kier alpha value is -2.68. The minimum absolute atomic E-state index is 0.0163. The van der Waals surface area contributed by atoms with Crippen LogP contribution in [0.3, 0.4) is 0 Å². The summed E-state index contributed by atoms with van der Waals surface area (Å²) in [4.78, 5) is 41.2. The van der Waals surface area contributed by atoms with Crippen molar-refractivity contribution in [2.45, 2.75) is 63.9 Å². The number of likely N-dealkylation sites (tertiary alicyclic amines) is 2. The molecule has 2 unspecified atom stereocenters. The minimum Gasteiger partial charge on any atom is -0.467 e. The number of fused-ring (bicyclic) bond motifs is 2. The number of nitrogens with zero attached hydrogens (tertiary/aromatic N) is 2. The van der Waals surface area contributed by atoms with E-state index < -0.39 is 23.7 Å². The third-order valence-electron chi connectivity index (χ3n) is 5.68. The predicted octanol–water partition coefficient (Wildman–Crippen LogP) is 2.24. The summed E-state index contributed by atoms with van der Waals surface area (Å²) >= 11 is 0. The molecule has 1 aromatic carbocycles. The topological polar surface area (TPSA) is 88.2 Å². The number of hydrogen-bond donors (Lipinski definition) is 1. The largest absolute Gasteiger partial charge is 0.467 e. The van der Waals surface area contributed by atoms with Crippen LogP contribution in [0.5, 0.6) is 0 Å². The maximum Gasteiger partial charge on any atom is 0.408 e. The van der Waals surface area contributed by atoms with Gasteiger partial charge in [0.05, 0.1) is 19.2 Å². The number of halogens is 1. The summed E-state index contributed by atoms with van der Waals surface area (Å²) in [7, 11) is 1.25. The molecule has 2 bridgehead atoms. The van der Waals surface area contributed by atoms with Gasteiger partial charge in [0, 0.05) is 19.1 Å². The van der Waals surface area contributed by atoms with Gasteiger partial charge in [0.15, 0.2) is 0 Å². The van der Waals surface area contributed by atoms with Gasteiger partial charge < -0.3 is 19.7 Å². The van der Waals surface area contributed by atoms with E-state index in [0.717, 1.165) is 5.56 Å². The molecule has 2 fully saturated rings. The highest BCUT2D eigenvalue weighted by Crippen LogP contribution is 2.37. The predicted molar refractivity (Wildman–Crippen MR) is 111 cm³/mol. The summed E-state index contributed by atoms with van der Waals surface area (Å²) in [5, 5.41) is 2.55. The zero-order chi connectivity index (χ0) is 22.9. The molecule has 1 N–H and O–H groups in total. The summed E-state index contributed by atoms with van der Waals surface area (Å²) in [6.45, 7) is 7.85. The Bertz CT molecular complexity index is 839. The molecule has 4 atom stereocenters. The van der Waals surface area contributed by atoms with Crippen LogP contribution in [0.2, 0.25) is 0 Å². The van der Waals surface area contributed by atoms with Crippen LogP contribution in [0.4, 0.5) is 9.18 Å². The Morgan fingerprint density at radius 3 is 2.45 bits per heavy atom. The van der Waals surface area contributed by atoms with Crippen molar-refractivity contribution >= 4 is 18.0 Å². The minimum atomic E-state index is -0.949. The maximum absolute atomic E-state index is 13.2. The number of methoxy groups -OCH3 is 1. The first-order valence-electron chi connectivity index (χ1n) is 10.4. The molecule has 2 amide bonds. The molecule has 2 heterocycles. The van der Waals surface area contributed by atoms with Gasteiger partial charge in [0.25, 0.3) is 0 Å². The number of nitrogens with one attached hydrogen (secondary N) is 1. The van der Waals surface area contributed by atoms with E-state index in [9.17, 15) is 18.8 Å². The van der Waals surface area contributed by atoms with E-state index in [1.807, 2.05) is 16.7 Å². The molecule has 1 aromatic rings. The Balaban J connectivity index is 1.66. The lowest BCUT2D eigenvalue weighted by atomic mass is 10.1. The second-order valence-corrected chi connectivity index (χ2v) is 9.05. The number of carbonyl (C=O) groups excluding carboxylic acids is 3. The van der Waals surface area contributed by atoms with Crippen LogP contribution in [0.1, 0.15) is 45.7 Å². The average Bonchev–Trinajstić information content (AvgIpc) is 3.22. The fraction of sp³-hybridized carbons (Fsp3) is 0.591. The Morgan fingerprint density at radius 2 is 1.90 bits per heavy atom. The fourth-order valence-corrected chi connectivity index (χ4v) is 4.31. The third kappa shape index (κ3) is 5.15. The van der Waals surface area contributed by atoms with E-state index in [4.69, 9.17) is 9.47 Å². The van der Waals surface area contributed by atoms with Crippen LogP contribution < -0.4 is 5.32 Å². The molecule has 31 heavy (non-hydrogen) atoms. The van der Waals surface area contributed by atoms with Gasteiger partial charge in [0.1, 0.15) is 17.5 Å². The van der Waals surface area contributed by atoms with Crippen molar-refractivity contribution in [1.82, 2.24) is 15.1 Å². The fourth-order valence-electron chi connectivity index (χ4n) is 4.31. The molecule has 0 spiro atoms. The van der Waals surface area contributed by atoms with Crippen molar-refractivity contribution in [1.29, 1.82) is 0 Å². The van der Waals surface area contributed by atoms with Gasteiger partial charge in [-0.05, 0) is 51.8 Å². The molecule has 3 rings (SSSR count). The SMILES string of the molecule is COC(=O)C(CN1C[C@@H]2C[C@H]1C(=O)N2C(C)c1ccc(F)cc1)NC(=O)OC(C)(C)C. The number of hydrogen-bond acceptors (Lipinski definition) is 6. The van der Waals surface area contributed by atoms with Gasteiger partial charge in [-0.2, -0.15) is 0 Å². The van der Waals surface area contributed by atoms with Crippen LogP contribution in [-0.4, -0.2) is 71.7 Å². The lowest BCUT2D eigenvalue weighted by Gasteiger charge is -2.38. The Morgan fingerprint density at radius 1 is 1.26 bits per heavy atom. The van der Waals surface area contributed by atoms with Crippen molar-refractivity contribution in [2.75, 3.05) is 20.2 Å². The number of benzene rings is 1. The first kappa shape index (κ1) is 23.0. The monoisotopic (exact) mass is 435 g/mol. The molecule has 2 aliphatic heterocycles. The summed E-state index contributed by atoms with van der Waals surface area (Å²) in [5.41, 5.74) is 0.164. The highest BCUT2D eigenvalue weighted by molar-refractivity contribution is 5.87. The van der Waals surface area contributed by atoms with E-state index in [-0.39, 0.29) is 36.4 Å². The van der Waals surface area contributed by atoms with Crippen LogP contribution >= 0.6 is 0 Å². The van der Waals surface area contributed by atoms with Gasteiger partial charge in [-0.1, -0.05) is 12.1 Å². The number of esters is 1. The molecule has 0 saturated carbocycles. The van der Waals surface area contributed by atoms with Crippen LogP contribution in [0.15, 0.2) is 24.3 Å². The number of alkyl carbamates (subject to hydrolysis) is 1. The Kier molecular flexibility index (Phi) is 6.54. The van der Waals surface area contributed by atoms with Gasteiger partial charge in [0.2, 0.25) is 5.91 Å². The molecule has 2 saturated heterocycles. The number of ether oxygens (including phenoxy) is 2. The molecule has 8 nitrogen and oxygen atoms in total. The average molecular weight is 435 g/mol. The molecule has 0 radical (unpaired) electrons. The van der Waals surface area contributed by atoms with Crippen molar-refractivity contribution < 1.29 is 28.2 Å². The summed E-state index contributed by atoms with van der Waals surface area (Å²) in [6.07, 6.45) is -0.0739. The smallest absolute Gasteiger partial charge is 0.408 e. The van der Waals surface area contributed by atoms with E-state index in [0.29, 0.717) is 13.0 Å². The molecule has 170 valence electrons. The number of rotatable bonds is 6. The van der Waals surface area contributed by atoms with Gasteiger partial charge in [-0.25, -0.2) is 14.0 Å². The highest BCUT2D eigenvalue weighted by atomic mass is 19.1. The first-order valence-corrected chi connectivity index (χ1v) is 10.4. The van der Waals surface area contributed by atoms with Crippen molar-refractivity contribution in [3.05, 3.63) is 35.6 Å². The normalized spacial score (nSPS) is 22.9. The lowest BCUT2D eigenvalue weighted by molar-refractivity contribution is -0.146. The van der Waals surface area contributed by atoms with E-state index in [1.165, 1.54) is 19.2 Å². The Labute approximate surface area is 181 Å². The van der Waals surface area contributed by atoms with Crippen LogP contribution in [0.25, 0.3) is 0 Å². The van der Waals surface area contributed by atoms with Gasteiger partial charge in [-0.15, -0.1) is 0 Å². The molecule has 9 heteroatoms. The van der Waals surface area contributed by atoms with Crippen LogP contribution in [0, 0.1) is 5.82 Å². The van der Waals surface area contributed by atoms with Crippen LogP contribution in [-0.2, 0) is 19.1 Å². The standard InChI is InChI=1S/C22H30FN3O5/c1-13(14-6-8-15(23)9-7-14)26-16-10-18(19(26)27)25(11-16)12-17(20(28)30-5)24-21(29)31-22(2,3)4/h6-9,13,16-18H,10-12H2,1-5H3,(H,24,29)/t13?,16-,17?,18-/m0/s1. The van der Waals surface area contributed by atoms with Crippen molar-refractivity contribution in [2.24, 2.45) is 0 Å². The molecular formula is C22H30FN3O5. The van der Waals surface area contributed by atoms with Gasteiger partial charge in [-0.3, -0.25) is 9.69 Å². The van der Waals surface area contributed by atoms with E-state index in [1.54, 1.807) is 32.9 Å². The molecule has 0 aliphatic carbocycles. The zero-order valence-corrected chi connectivity index (χ0v) is 18.6. The summed E-state index contributed by atoms with van der Waals surface area (Å²) < 4.78 is 23.3. The number of carbonyl (C=O) groups is 3. The second kappa shape index (κ2) is 8.82. The van der Waals surface area contributed by atoms with Crippen molar-refractivity contribution in [3.63, 3.8) is 0 Å². The molecule has 0 aromatic heterocycles. The summed E-state index contributed by atoms with van der Waals surface area (Å²) in [6, 6.07) is 4.64. The number of piperazine rings is 1. The second-order valence-electron chi connectivity index (χ2n) is 9.05. The number of amides is 2.